The van der Waals surface area contributed by atoms with E-state index in [0.29, 0.717) is 10.8 Å². The standard InChI is InChI=1S/C18H12ClN3OS/c19-13-5-3-4-12(10-13)16-9-8-14(23-16)11-20-22-18-21-15-6-1-2-7-17(15)24-18/h1-11H,(H,21,22). The molecule has 0 spiro atoms. The van der Waals surface area contributed by atoms with Crippen LogP contribution in [0.3, 0.4) is 0 Å². The molecule has 1 N–H and O–H groups in total. The number of thiazole rings is 1. The Bertz CT molecular complexity index is 989. The Balaban J connectivity index is 1.48. The van der Waals surface area contributed by atoms with Crippen molar-refractivity contribution in [3.8, 4) is 11.3 Å². The molecule has 0 unspecified atom stereocenters. The van der Waals surface area contributed by atoms with Crippen molar-refractivity contribution in [2.75, 3.05) is 5.43 Å². The molecule has 0 saturated carbocycles. The third kappa shape index (κ3) is 3.18. The minimum atomic E-state index is 0.651. The summed E-state index contributed by atoms with van der Waals surface area (Å²) in [7, 11) is 0. The molecule has 0 radical (unpaired) electrons. The molecule has 4 rings (SSSR count). The molecule has 24 heavy (non-hydrogen) atoms. The normalized spacial score (nSPS) is 11.4. The molecule has 0 aliphatic carbocycles. The zero-order valence-electron chi connectivity index (χ0n) is 12.4. The van der Waals surface area contributed by atoms with Crippen LogP contribution in [0.4, 0.5) is 5.13 Å². The van der Waals surface area contributed by atoms with E-state index in [0.717, 1.165) is 26.7 Å². The number of aromatic nitrogens is 1. The molecule has 0 fully saturated rings. The monoisotopic (exact) mass is 353 g/mol. The number of nitrogens with one attached hydrogen (secondary N) is 1. The number of furan rings is 1. The van der Waals surface area contributed by atoms with Gasteiger partial charge in [-0.1, -0.05) is 47.2 Å². The van der Waals surface area contributed by atoms with E-state index in [1.54, 1.807) is 17.6 Å². The van der Waals surface area contributed by atoms with Gasteiger partial charge < -0.3 is 4.42 Å². The van der Waals surface area contributed by atoms with Crippen LogP contribution in [-0.4, -0.2) is 11.2 Å². The fraction of sp³-hybridized carbons (Fsp3) is 0. The number of rotatable bonds is 4. The third-order valence-electron chi connectivity index (χ3n) is 3.38. The van der Waals surface area contributed by atoms with Gasteiger partial charge in [-0.2, -0.15) is 5.10 Å². The van der Waals surface area contributed by atoms with Gasteiger partial charge in [0.05, 0.1) is 16.4 Å². The highest BCUT2D eigenvalue weighted by molar-refractivity contribution is 7.22. The second kappa shape index (κ2) is 6.47. The molecule has 0 amide bonds. The molecule has 2 aromatic heterocycles. The maximum Gasteiger partial charge on any atom is 0.204 e. The zero-order chi connectivity index (χ0) is 16.4. The van der Waals surface area contributed by atoms with Gasteiger partial charge in [-0.3, -0.25) is 5.43 Å². The number of fused-ring (bicyclic) bond motifs is 1. The predicted octanol–water partition coefficient (Wildman–Crippen LogP) is 5.66. The van der Waals surface area contributed by atoms with Gasteiger partial charge in [0, 0.05) is 10.6 Å². The second-order valence-corrected chi connectivity index (χ2v) is 6.54. The van der Waals surface area contributed by atoms with Crippen molar-refractivity contribution >= 4 is 44.5 Å². The fourth-order valence-electron chi connectivity index (χ4n) is 2.29. The van der Waals surface area contributed by atoms with E-state index in [2.05, 4.69) is 15.5 Å². The van der Waals surface area contributed by atoms with Gasteiger partial charge in [-0.15, -0.1) is 0 Å². The van der Waals surface area contributed by atoms with Gasteiger partial charge in [-0.05, 0) is 36.4 Å². The van der Waals surface area contributed by atoms with Crippen LogP contribution in [0, 0.1) is 0 Å². The van der Waals surface area contributed by atoms with Crippen LogP contribution in [0.25, 0.3) is 21.5 Å². The molecule has 0 saturated heterocycles. The average Bonchev–Trinajstić information content (AvgIpc) is 3.21. The molecule has 0 bridgehead atoms. The summed E-state index contributed by atoms with van der Waals surface area (Å²) in [6.07, 6.45) is 1.63. The molecule has 118 valence electrons. The molecule has 2 heterocycles. The molecule has 4 aromatic rings. The SMILES string of the molecule is Clc1cccc(-c2ccc(C=NNc3nc4ccccc4s3)o2)c1. The highest BCUT2D eigenvalue weighted by Crippen LogP contribution is 2.26. The van der Waals surface area contributed by atoms with E-state index >= 15 is 0 Å². The fourth-order valence-corrected chi connectivity index (χ4v) is 3.30. The Morgan fingerprint density at radius 1 is 1.08 bits per heavy atom. The summed E-state index contributed by atoms with van der Waals surface area (Å²) < 4.78 is 6.88. The van der Waals surface area contributed by atoms with Crippen LogP contribution < -0.4 is 5.43 Å². The number of hydrazone groups is 1. The van der Waals surface area contributed by atoms with Crippen LogP contribution in [-0.2, 0) is 0 Å². The number of para-hydroxylation sites is 1. The lowest BCUT2D eigenvalue weighted by Gasteiger charge is -1.96. The number of nitrogens with zero attached hydrogens (tertiary/aromatic N) is 2. The summed E-state index contributed by atoms with van der Waals surface area (Å²) in [4.78, 5) is 4.45. The molecule has 0 aliphatic heterocycles. The molecule has 0 aliphatic rings. The van der Waals surface area contributed by atoms with E-state index in [1.807, 2.05) is 60.7 Å². The van der Waals surface area contributed by atoms with Gasteiger partial charge in [-0.25, -0.2) is 4.98 Å². The first-order valence-corrected chi connectivity index (χ1v) is 8.48. The first kappa shape index (κ1) is 14.9. The van der Waals surface area contributed by atoms with Crippen molar-refractivity contribution in [1.29, 1.82) is 0 Å². The van der Waals surface area contributed by atoms with E-state index in [9.17, 15) is 0 Å². The van der Waals surface area contributed by atoms with Gasteiger partial charge in [0.25, 0.3) is 0 Å². The first-order chi connectivity index (χ1) is 11.8. The molecular formula is C18H12ClN3OS. The van der Waals surface area contributed by atoms with E-state index in [4.69, 9.17) is 16.0 Å². The Morgan fingerprint density at radius 3 is 2.88 bits per heavy atom. The molecule has 2 aromatic carbocycles. The van der Waals surface area contributed by atoms with Crippen molar-refractivity contribution in [1.82, 2.24) is 4.98 Å². The van der Waals surface area contributed by atoms with E-state index in [1.165, 1.54) is 0 Å². The maximum atomic E-state index is 6.00. The zero-order valence-corrected chi connectivity index (χ0v) is 14.0. The summed E-state index contributed by atoms with van der Waals surface area (Å²) in [5.41, 5.74) is 4.83. The lowest BCUT2D eigenvalue weighted by molar-refractivity contribution is 0.575. The highest BCUT2D eigenvalue weighted by atomic mass is 35.5. The Labute approximate surface area is 147 Å². The van der Waals surface area contributed by atoms with Crippen LogP contribution in [0.5, 0.6) is 0 Å². The topological polar surface area (TPSA) is 50.4 Å². The summed E-state index contributed by atoms with van der Waals surface area (Å²) >= 11 is 7.56. The summed E-state index contributed by atoms with van der Waals surface area (Å²) in [6, 6.07) is 19.3. The van der Waals surface area contributed by atoms with Gasteiger partial charge in [0.15, 0.2) is 0 Å². The smallest absolute Gasteiger partial charge is 0.204 e. The highest BCUT2D eigenvalue weighted by Gasteiger charge is 2.04. The lowest BCUT2D eigenvalue weighted by Crippen LogP contribution is -1.88. The summed E-state index contributed by atoms with van der Waals surface area (Å²) in [5, 5.41) is 5.61. The van der Waals surface area contributed by atoms with Crippen LogP contribution in [0.1, 0.15) is 5.76 Å². The number of hydrogen-bond donors (Lipinski definition) is 1. The van der Waals surface area contributed by atoms with E-state index < -0.39 is 0 Å². The number of benzene rings is 2. The minimum Gasteiger partial charge on any atom is -0.455 e. The van der Waals surface area contributed by atoms with Crippen molar-refractivity contribution in [3.63, 3.8) is 0 Å². The molecule has 4 nitrogen and oxygen atoms in total. The predicted molar refractivity (Wildman–Crippen MR) is 100.0 cm³/mol. The van der Waals surface area contributed by atoms with Crippen molar-refractivity contribution in [2.45, 2.75) is 0 Å². The maximum absolute atomic E-state index is 6.00. The second-order valence-electron chi connectivity index (χ2n) is 5.07. The average molecular weight is 354 g/mol. The van der Waals surface area contributed by atoms with Crippen molar-refractivity contribution in [3.05, 3.63) is 71.4 Å². The Kier molecular flexibility index (Phi) is 4.02. The van der Waals surface area contributed by atoms with Gasteiger partial charge >= 0.3 is 0 Å². The third-order valence-corrected chi connectivity index (χ3v) is 4.56. The van der Waals surface area contributed by atoms with Gasteiger partial charge in [0.2, 0.25) is 5.13 Å². The molecular weight excluding hydrogens is 342 g/mol. The van der Waals surface area contributed by atoms with Crippen LogP contribution >= 0.6 is 22.9 Å². The van der Waals surface area contributed by atoms with Crippen LogP contribution in [0.15, 0.2) is 70.2 Å². The summed E-state index contributed by atoms with van der Waals surface area (Å²) in [6.45, 7) is 0. The quantitative estimate of drug-likeness (QED) is 0.380. The van der Waals surface area contributed by atoms with Crippen molar-refractivity contribution < 1.29 is 4.42 Å². The van der Waals surface area contributed by atoms with Crippen molar-refractivity contribution in [2.24, 2.45) is 5.10 Å². The number of hydrogen-bond acceptors (Lipinski definition) is 5. The largest absolute Gasteiger partial charge is 0.455 e. The van der Waals surface area contributed by atoms with E-state index in [-0.39, 0.29) is 0 Å². The number of anilines is 1. The van der Waals surface area contributed by atoms with Crippen LogP contribution in [0.2, 0.25) is 5.02 Å². The Hall–Kier alpha value is -2.63. The molecule has 0 atom stereocenters. The molecule has 6 heteroatoms. The summed E-state index contributed by atoms with van der Waals surface area (Å²) in [5.74, 6) is 1.40. The lowest BCUT2D eigenvalue weighted by atomic mass is 10.2. The number of halogens is 1. The first-order valence-electron chi connectivity index (χ1n) is 7.28. The van der Waals surface area contributed by atoms with Gasteiger partial charge in [0.1, 0.15) is 11.5 Å². The Morgan fingerprint density at radius 2 is 2.00 bits per heavy atom. The minimum absolute atomic E-state index is 0.651.